The SMILES string of the molecule is Cc1cc(C(=O)O)ccc1N=Nc1c(O)[nH]c(=S)[nH]c1=O. The molecular formula is C12H10N4O4S. The molecule has 21 heavy (non-hydrogen) atoms. The van der Waals surface area contributed by atoms with Crippen LogP contribution in [0.15, 0.2) is 33.2 Å². The zero-order chi connectivity index (χ0) is 15.6. The first-order chi connectivity index (χ1) is 9.88. The largest absolute Gasteiger partial charge is 0.493 e. The molecule has 0 saturated carbocycles. The highest BCUT2D eigenvalue weighted by Gasteiger charge is 2.08. The zero-order valence-electron chi connectivity index (χ0n) is 10.7. The van der Waals surface area contributed by atoms with Gasteiger partial charge < -0.3 is 15.2 Å². The van der Waals surface area contributed by atoms with Gasteiger partial charge in [0.25, 0.3) is 5.56 Å². The van der Waals surface area contributed by atoms with Crippen LogP contribution >= 0.6 is 12.2 Å². The van der Waals surface area contributed by atoms with Crippen LogP contribution in [0.2, 0.25) is 0 Å². The van der Waals surface area contributed by atoms with Gasteiger partial charge >= 0.3 is 5.97 Å². The molecular weight excluding hydrogens is 296 g/mol. The summed E-state index contributed by atoms with van der Waals surface area (Å²) in [7, 11) is 0. The van der Waals surface area contributed by atoms with Crippen LogP contribution in [0, 0.1) is 11.7 Å². The Balaban J connectivity index is 2.41. The van der Waals surface area contributed by atoms with Gasteiger partial charge in [-0.15, -0.1) is 10.2 Å². The summed E-state index contributed by atoms with van der Waals surface area (Å²) in [6.07, 6.45) is 0. The standard InChI is InChI=1S/C12H10N4O4S/c1-5-4-6(11(19)20)2-3-7(5)15-16-8-9(17)13-12(21)14-10(8)18/h2-4H,1H3,(H,19,20)(H3,13,14,17,18,21). The number of benzene rings is 1. The molecule has 0 atom stereocenters. The lowest BCUT2D eigenvalue weighted by Gasteiger charge is -2.01. The van der Waals surface area contributed by atoms with Gasteiger partial charge in [-0.25, -0.2) is 4.79 Å². The van der Waals surface area contributed by atoms with Gasteiger partial charge in [-0.2, -0.15) is 0 Å². The minimum absolute atomic E-state index is 0.0292. The van der Waals surface area contributed by atoms with Gasteiger partial charge in [-0.1, -0.05) is 0 Å². The summed E-state index contributed by atoms with van der Waals surface area (Å²) in [5, 5.41) is 25.9. The Kier molecular flexibility index (Phi) is 3.94. The Morgan fingerprint density at radius 2 is 2.00 bits per heavy atom. The number of nitrogens with zero attached hydrogens (tertiary/aromatic N) is 2. The number of aromatic nitrogens is 2. The molecule has 0 amide bonds. The van der Waals surface area contributed by atoms with E-state index in [9.17, 15) is 14.7 Å². The number of carboxylic acid groups (broad SMARTS) is 1. The number of nitrogens with one attached hydrogen (secondary N) is 2. The summed E-state index contributed by atoms with van der Waals surface area (Å²) in [5.74, 6) is -1.54. The molecule has 0 aliphatic heterocycles. The van der Waals surface area contributed by atoms with Crippen molar-refractivity contribution in [3.05, 3.63) is 44.5 Å². The number of aromatic amines is 2. The smallest absolute Gasteiger partial charge is 0.335 e. The molecule has 4 N–H and O–H groups in total. The van der Waals surface area contributed by atoms with Crippen molar-refractivity contribution in [3.8, 4) is 5.88 Å². The topological polar surface area (TPSA) is 131 Å². The average Bonchev–Trinajstić information content (AvgIpc) is 2.38. The van der Waals surface area contributed by atoms with Crippen LogP contribution in [0.3, 0.4) is 0 Å². The molecule has 0 unspecified atom stereocenters. The number of rotatable bonds is 3. The molecule has 108 valence electrons. The second-order valence-corrected chi connectivity index (χ2v) is 4.52. The molecule has 8 nitrogen and oxygen atoms in total. The summed E-state index contributed by atoms with van der Waals surface area (Å²) in [6, 6.07) is 4.25. The molecule has 1 aromatic carbocycles. The fourth-order valence-corrected chi connectivity index (χ4v) is 1.75. The van der Waals surface area contributed by atoms with Crippen molar-refractivity contribution in [1.29, 1.82) is 0 Å². The summed E-state index contributed by atoms with van der Waals surface area (Å²) in [6.45, 7) is 1.66. The van der Waals surface area contributed by atoms with Gasteiger partial charge in [0.2, 0.25) is 11.6 Å². The van der Waals surface area contributed by atoms with E-state index in [0.29, 0.717) is 11.3 Å². The molecule has 1 heterocycles. The molecule has 1 aromatic heterocycles. The van der Waals surface area contributed by atoms with E-state index in [-0.39, 0.29) is 16.0 Å². The van der Waals surface area contributed by atoms with E-state index in [4.69, 9.17) is 5.11 Å². The van der Waals surface area contributed by atoms with Gasteiger partial charge in [-0.3, -0.25) is 9.78 Å². The quantitative estimate of drug-likeness (QED) is 0.511. The Labute approximate surface area is 122 Å². The molecule has 0 bridgehead atoms. The second-order valence-electron chi connectivity index (χ2n) is 4.11. The van der Waals surface area contributed by atoms with Crippen molar-refractivity contribution in [1.82, 2.24) is 9.97 Å². The summed E-state index contributed by atoms with van der Waals surface area (Å²) in [4.78, 5) is 27.0. The molecule has 0 aliphatic rings. The van der Waals surface area contributed by atoms with E-state index in [1.165, 1.54) is 18.2 Å². The Morgan fingerprint density at radius 1 is 1.29 bits per heavy atom. The molecule has 2 aromatic rings. The summed E-state index contributed by atoms with van der Waals surface area (Å²) < 4.78 is -0.0292. The number of carboxylic acids is 1. The molecule has 9 heteroatoms. The van der Waals surface area contributed by atoms with Crippen molar-refractivity contribution in [2.24, 2.45) is 10.2 Å². The maximum absolute atomic E-state index is 11.6. The zero-order valence-corrected chi connectivity index (χ0v) is 11.6. The van der Waals surface area contributed by atoms with Gasteiger partial charge in [-0.05, 0) is 42.9 Å². The van der Waals surface area contributed by atoms with Crippen LogP contribution < -0.4 is 5.56 Å². The van der Waals surface area contributed by atoms with Gasteiger partial charge in [0.05, 0.1) is 11.3 Å². The third-order valence-electron chi connectivity index (χ3n) is 2.60. The second kappa shape index (κ2) is 5.67. The Hall–Kier alpha value is -2.81. The Bertz CT molecular complexity index is 853. The monoisotopic (exact) mass is 306 g/mol. The normalized spacial score (nSPS) is 10.9. The summed E-state index contributed by atoms with van der Waals surface area (Å²) >= 11 is 4.68. The van der Waals surface area contributed by atoms with E-state index >= 15 is 0 Å². The first-order valence-electron chi connectivity index (χ1n) is 5.69. The summed E-state index contributed by atoms with van der Waals surface area (Å²) in [5.41, 5.74) is 0.0701. The van der Waals surface area contributed by atoms with Crippen molar-refractivity contribution >= 4 is 29.6 Å². The minimum Gasteiger partial charge on any atom is -0.493 e. The maximum Gasteiger partial charge on any atom is 0.335 e. The van der Waals surface area contributed by atoms with Crippen molar-refractivity contribution < 1.29 is 15.0 Å². The van der Waals surface area contributed by atoms with Gasteiger partial charge in [0, 0.05) is 0 Å². The fraction of sp³-hybridized carbons (Fsp3) is 0.0833. The number of H-pyrrole nitrogens is 2. The molecule has 0 aliphatic carbocycles. The van der Waals surface area contributed by atoms with Crippen LogP contribution in [-0.4, -0.2) is 26.2 Å². The first-order valence-corrected chi connectivity index (χ1v) is 6.10. The van der Waals surface area contributed by atoms with Crippen LogP contribution in [0.1, 0.15) is 15.9 Å². The van der Waals surface area contributed by atoms with E-state index in [1.54, 1.807) is 6.92 Å². The number of aromatic carboxylic acids is 1. The van der Waals surface area contributed by atoms with E-state index in [0.717, 1.165) is 0 Å². The molecule has 0 radical (unpaired) electrons. The predicted molar refractivity (Wildman–Crippen MR) is 76.2 cm³/mol. The third kappa shape index (κ3) is 3.20. The van der Waals surface area contributed by atoms with E-state index < -0.39 is 17.4 Å². The van der Waals surface area contributed by atoms with Gasteiger partial charge in [0.15, 0.2) is 4.77 Å². The van der Waals surface area contributed by atoms with Gasteiger partial charge in [0.1, 0.15) is 0 Å². The fourth-order valence-electron chi connectivity index (χ4n) is 1.57. The van der Waals surface area contributed by atoms with E-state index in [1.807, 2.05) is 0 Å². The predicted octanol–water partition coefficient (Wildman–Crippen LogP) is 2.56. The van der Waals surface area contributed by atoms with Crippen molar-refractivity contribution in [2.45, 2.75) is 6.92 Å². The average molecular weight is 306 g/mol. The van der Waals surface area contributed by atoms with Crippen LogP contribution in [0.4, 0.5) is 11.4 Å². The van der Waals surface area contributed by atoms with Crippen LogP contribution in [0.5, 0.6) is 5.88 Å². The number of aromatic hydroxyl groups is 1. The highest BCUT2D eigenvalue weighted by molar-refractivity contribution is 7.71. The van der Waals surface area contributed by atoms with Crippen molar-refractivity contribution in [3.63, 3.8) is 0 Å². The molecule has 0 fully saturated rings. The lowest BCUT2D eigenvalue weighted by Crippen LogP contribution is -2.06. The number of hydrogen-bond acceptors (Lipinski definition) is 6. The first kappa shape index (κ1) is 14.6. The molecule has 0 saturated heterocycles. The molecule has 2 rings (SSSR count). The number of hydrogen-bond donors (Lipinski definition) is 4. The highest BCUT2D eigenvalue weighted by Crippen LogP contribution is 2.24. The number of aryl methyl sites for hydroxylation is 1. The highest BCUT2D eigenvalue weighted by atomic mass is 32.1. The van der Waals surface area contributed by atoms with Crippen LogP contribution in [0.25, 0.3) is 0 Å². The third-order valence-corrected chi connectivity index (χ3v) is 2.80. The minimum atomic E-state index is -1.05. The van der Waals surface area contributed by atoms with E-state index in [2.05, 4.69) is 32.4 Å². The van der Waals surface area contributed by atoms with Crippen molar-refractivity contribution in [2.75, 3.05) is 0 Å². The van der Waals surface area contributed by atoms with Crippen LogP contribution in [-0.2, 0) is 0 Å². The molecule has 0 spiro atoms. The lowest BCUT2D eigenvalue weighted by atomic mass is 10.1. The Morgan fingerprint density at radius 3 is 2.57 bits per heavy atom. The lowest BCUT2D eigenvalue weighted by molar-refractivity contribution is 0.0697. The number of azo groups is 1. The maximum atomic E-state index is 11.6. The number of carbonyl (C=O) groups is 1.